The Kier molecular flexibility index (Phi) is 5.09. The highest BCUT2D eigenvalue weighted by atomic mass is 15.4. The van der Waals surface area contributed by atoms with Gasteiger partial charge in [-0.25, -0.2) is 0 Å². The molecule has 1 fully saturated rings. The van der Waals surface area contributed by atoms with E-state index in [1.165, 1.54) is 37.1 Å². The SMILES string of the molecule is CCN1c2ccncc2N(CCCc2cn(CC)nn2)[C@@H]2CCCC[C@@H]21. The Balaban J connectivity index is 1.53. The summed E-state index contributed by atoms with van der Waals surface area (Å²) in [4.78, 5) is 9.70. The van der Waals surface area contributed by atoms with Crippen molar-refractivity contribution < 1.29 is 0 Å². The number of likely N-dealkylation sites (N-methyl/N-ethyl adjacent to an activating group) is 1. The van der Waals surface area contributed by atoms with Gasteiger partial charge in [0.15, 0.2) is 0 Å². The second-order valence-electron chi connectivity index (χ2n) is 7.43. The third-order valence-corrected chi connectivity index (χ3v) is 5.97. The molecule has 6 heteroatoms. The minimum atomic E-state index is 0.617. The average Bonchev–Trinajstić information content (AvgIpc) is 3.15. The number of rotatable bonds is 6. The van der Waals surface area contributed by atoms with E-state index in [1.807, 2.05) is 10.9 Å². The van der Waals surface area contributed by atoms with Gasteiger partial charge in [0.2, 0.25) is 0 Å². The van der Waals surface area contributed by atoms with Crippen molar-refractivity contribution in [1.82, 2.24) is 20.0 Å². The third kappa shape index (κ3) is 3.17. The molecular weight excluding hydrogens is 324 g/mol. The van der Waals surface area contributed by atoms with Crippen molar-refractivity contribution in [1.29, 1.82) is 0 Å². The van der Waals surface area contributed by atoms with Crippen LogP contribution in [0.1, 0.15) is 51.6 Å². The molecule has 0 aromatic carbocycles. The molecular formula is C20H30N6. The number of aryl methyl sites for hydroxylation is 2. The van der Waals surface area contributed by atoms with Crippen molar-refractivity contribution >= 4 is 11.4 Å². The van der Waals surface area contributed by atoms with Gasteiger partial charge in [0, 0.05) is 44.1 Å². The highest BCUT2D eigenvalue weighted by molar-refractivity contribution is 5.74. The molecule has 140 valence electrons. The molecule has 6 nitrogen and oxygen atoms in total. The second kappa shape index (κ2) is 7.64. The van der Waals surface area contributed by atoms with E-state index < -0.39 is 0 Å². The molecule has 0 saturated heterocycles. The van der Waals surface area contributed by atoms with Crippen molar-refractivity contribution in [3.8, 4) is 0 Å². The summed E-state index contributed by atoms with van der Waals surface area (Å²) in [7, 11) is 0. The van der Waals surface area contributed by atoms with Crippen LogP contribution in [0.4, 0.5) is 11.4 Å². The van der Waals surface area contributed by atoms with E-state index in [4.69, 9.17) is 0 Å². The summed E-state index contributed by atoms with van der Waals surface area (Å²) >= 11 is 0. The first kappa shape index (κ1) is 17.3. The molecule has 0 unspecified atom stereocenters. The van der Waals surface area contributed by atoms with Crippen molar-refractivity contribution in [2.24, 2.45) is 0 Å². The average molecular weight is 355 g/mol. The fourth-order valence-electron chi connectivity index (χ4n) is 4.75. The lowest BCUT2D eigenvalue weighted by Crippen LogP contribution is -2.58. The van der Waals surface area contributed by atoms with Gasteiger partial charge in [0.25, 0.3) is 0 Å². The van der Waals surface area contributed by atoms with Crippen molar-refractivity contribution in [3.63, 3.8) is 0 Å². The summed E-state index contributed by atoms with van der Waals surface area (Å²) in [6.45, 7) is 7.40. The highest BCUT2D eigenvalue weighted by Gasteiger charge is 2.39. The summed E-state index contributed by atoms with van der Waals surface area (Å²) < 4.78 is 1.91. The van der Waals surface area contributed by atoms with Gasteiger partial charge in [0.05, 0.1) is 23.3 Å². The standard InChI is InChI=1S/C20H30N6/c1-3-24-15-16(22-23-24)8-7-13-26-18-10-6-5-9-17(18)25(4-2)19-11-12-21-14-20(19)26/h11-12,14-15,17-18H,3-10,13H2,1-2H3/t17-,18+/m0/s1. The van der Waals surface area contributed by atoms with E-state index in [-0.39, 0.29) is 0 Å². The predicted octanol–water partition coefficient (Wildman–Crippen LogP) is 3.28. The number of hydrogen-bond acceptors (Lipinski definition) is 5. The van der Waals surface area contributed by atoms with Crippen molar-refractivity contribution in [3.05, 3.63) is 30.4 Å². The zero-order valence-corrected chi connectivity index (χ0v) is 16.0. The van der Waals surface area contributed by atoms with Gasteiger partial charge in [0.1, 0.15) is 0 Å². The molecule has 0 radical (unpaired) electrons. The first-order valence-electron chi connectivity index (χ1n) is 10.2. The predicted molar refractivity (Wildman–Crippen MR) is 105 cm³/mol. The molecule has 26 heavy (non-hydrogen) atoms. The van der Waals surface area contributed by atoms with Gasteiger partial charge < -0.3 is 9.80 Å². The molecule has 2 aromatic heterocycles. The molecule has 0 spiro atoms. The molecule has 2 atom stereocenters. The van der Waals surface area contributed by atoms with Crippen LogP contribution in [-0.2, 0) is 13.0 Å². The van der Waals surface area contributed by atoms with Gasteiger partial charge >= 0.3 is 0 Å². The minimum absolute atomic E-state index is 0.617. The van der Waals surface area contributed by atoms with Crippen molar-refractivity contribution in [2.45, 2.75) is 71.0 Å². The molecule has 1 aliphatic heterocycles. The van der Waals surface area contributed by atoms with Crippen LogP contribution in [0.15, 0.2) is 24.7 Å². The third-order valence-electron chi connectivity index (χ3n) is 5.97. The molecule has 0 amide bonds. The van der Waals surface area contributed by atoms with Gasteiger partial charge in [-0.3, -0.25) is 9.67 Å². The van der Waals surface area contributed by atoms with Crippen LogP contribution >= 0.6 is 0 Å². The second-order valence-corrected chi connectivity index (χ2v) is 7.43. The Morgan fingerprint density at radius 2 is 1.85 bits per heavy atom. The van der Waals surface area contributed by atoms with Gasteiger partial charge in [-0.15, -0.1) is 5.10 Å². The maximum absolute atomic E-state index is 4.44. The lowest BCUT2D eigenvalue weighted by molar-refractivity contribution is 0.336. The highest BCUT2D eigenvalue weighted by Crippen LogP contribution is 2.42. The van der Waals surface area contributed by atoms with E-state index in [1.54, 1.807) is 0 Å². The lowest BCUT2D eigenvalue weighted by Gasteiger charge is -2.52. The van der Waals surface area contributed by atoms with E-state index in [0.717, 1.165) is 38.2 Å². The summed E-state index contributed by atoms with van der Waals surface area (Å²) in [6, 6.07) is 3.46. The normalized spacial score (nSPS) is 22.2. The Hall–Kier alpha value is -2.11. The molecule has 3 heterocycles. The quantitative estimate of drug-likeness (QED) is 0.797. The van der Waals surface area contributed by atoms with Crippen LogP contribution < -0.4 is 9.80 Å². The largest absolute Gasteiger partial charge is 0.365 e. The number of pyridine rings is 1. The van der Waals surface area contributed by atoms with Crippen LogP contribution in [0.5, 0.6) is 0 Å². The Labute approximate surface area is 156 Å². The summed E-state index contributed by atoms with van der Waals surface area (Å²) in [5.41, 5.74) is 3.78. The zero-order valence-electron chi connectivity index (χ0n) is 16.0. The van der Waals surface area contributed by atoms with Crippen LogP contribution in [0.2, 0.25) is 0 Å². The van der Waals surface area contributed by atoms with Crippen LogP contribution in [-0.4, -0.2) is 45.2 Å². The molecule has 1 aliphatic carbocycles. The van der Waals surface area contributed by atoms with E-state index in [9.17, 15) is 0 Å². The Morgan fingerprint density at radius 1 is 1.04 bits per heavy atom. The van der Waals surface area contributed by atoms with Gasteiger partial charge in [-0.2, -0.15) is 0 Å². The number of aromatic nitrogens is 4. The molecule has 2 aromatic rings. The first-order valence-corrected chi connectivity index (χ1v) is 10.2. The van der Waals surface area contributed by atoms with Gasteiger partial charge in [-0.1, -0.05) is 18.1 Å². The maximum Gasteiger partial charge on any atom is 0.0827 e. The van der Waals surface area contributed by atoms with Gasteiger partial charge in [-0.05, 0) is 45.6 Å². The summed E-state index contributed by atoms with van der Waals surface area (Å²) in [5, 5.41) is 8.45. The summed E-state index contributed by atoms with van der Waals surface area (Å²) in [6.07, 6.45) is 13.5. The van der Waals surface area contributed by atoms with Crippen LogP contribution in [0.3, 0.4) is 0 Å². The zero-order chi connectivity index (χ0) is 17.9. The first-order chi connectivity index (χ1) is 12.8. The fourth-order valence-corrected chi connectivity index (χ4v) is 4.75. The maximum atomic E-state index is 4.44. The Bertz CT molecular complexity index is 727. The fraction of sp³-hybridized carbons (Fsp3) is 0.650. The van der Waals surface area contributed by atoms with E-state index in [0.29, 0.717) is 12.1 Å². The van der Waals surface area contributed by atoms with Crippen LogP contribution in [0.25, 0.3) is 0 Å². The minimum Gasteiger partial charge on any atom is -0.365 e. The molecule has 0 bridgehead atoms. The van der Waals surface area contributed by atoms with Crippen LogP contribution in [0, 0.1) is 0 Å². The topological polar surface area (TPSA) is 50.1 Å². The molecule has 4 rings (SSSR count). The Morgan fingerprint density at radius 3 is 2.58 bits per heavy atom. The number of nitrogens with zero attached hydrogens (tertiary/aromatic N) is 6. The number of anilines is 2. The van der Waals surface area contributed by atoms with E-state index in [2.05, 4.69) is 57.4 Å². The number of hydrogen-bond donors (Lipinski definition) is 0. The number of fused-ring (bicyclic) bond motifs is 2. The molecule has 0 N–H and O–H groups in total. The molecule has 1 saturated carbocycles. The monoisotopic (exact) mass is 354 g/mol. The summed E-state index contributed by atoms with van der Waals surface area (Å²) in [5.74, 6) is 0. The lowest BCUT2D eigenvalue weighted by atomic mass is 9.85. The van der Waals surface area contributed by atoms with Crippen molar-refractivity contribution in [2.75, 3.05) is 22.9 Å². The molecule has 2 aliphatic rings. The van der Waals surface area contributed by atoms with E-state index >= 15 is 0 Å². The smallest absolute Gasteiger partial charge is 0.0827 e.